The van der Waals surface area contributed by atoms with Crippen LogP contribution in [-0.2, 0) is 14.4 Å². The summed E-state index contributed by atoms with van der Waals surface area (Å²) in [7, 11) is 0. The Morgan fingerprint density at radius 3 is 2.72 bits per heavy atom. The van der Waals surface area contributed by atoms with E-state index in [1.165, 1.54) is 6.08 Å². The molecule has 0 spiro atoms. The van der Waals surface area contributed by atoms with Gasteiger partial charge in [-0.2, -0.15) is 0 Å². The lowest BCUT2D eigenvalue weighted by Gasteiger charge is -2.22. The largest absolute Gasteiger partial charge is 0.322 e. The predicted molar refractivity (Wildman–Crippen MR) is 125 cm³/mol. The number of nitrogens with one attached hydrogen (secondary N) is 2. The Morgan fingerprint density at radius 2 is 1.97 bits per heavy atom. The number of aryl methyl sites for hydroxylation is 2. The van der Waals surface area contributed by atoms with Crippen molar-refractivity contribution in [1.29, 1.82) is 0 Å². The van der Waals surface area contributed by atoms with Gasteiger partial charge >= 0.3 is 0 Å². The van der Waals surface area contributed by atoms with Gasteiger partial charge in [-0.05, 0) is 67.3 Å². The number of carbonyl (C=O) groups excluding carboxylic acids is 3. The van der Waals surface area contributed by atoms with Crippen molar-refractivity contribution >= 4 is 52.0 Å². The molecule has 1 aliphatic heterocycles. The summed E-state index contributed by atoms with van der Waals surface area (Å²) in [6.45, 7) is 3.76. The highest BCUT2D eigenvalue weighted by Crippen LogP contribution is 2.29. The molecule has 32 heavy (non-hydrogen) atoms. The maximum Gasteiger partial charge on any atom is 0.248 e. The minimum absolute atomic E-state index is 0.233. The van der Waals surface area contributed by atoms with E-state index in [9.17, 15) is 14.4 Å². The summed E-state index contributed by atoms with van der Waals surface area (Å²) in [6.07, 6.45) is 3.99. The van der Waals surface area contributed by atoms with Crippen LogP contribution in [0, 0.1) is 13.8 Å². The van der Waals surface area contributed by atoms with Gasteiger partial charge in [0.05, 0.1) is 11.4 Å². The molecule has 3 amide bonds. The van der Waals surface area contributed by atoms with Crippen molar-refractivity contribution in [2.75, 3.05) is 5.32 Å². The zero-order chi connectivity index (χ0) is 22.8. The third-order valence-electron chi connectivity index (χ3n) is 5.55. The van der Waals surface area contributed by atoms with Gasteiger partial charge in [-0.25, -0.2) is 0 Å². The molecule has 1 aliphatic rings. The second-order valence-corrected chi connectivity index (χ2v) is 8.31. The lowest BCUT2D eigenvalue weighted by Crippen LogP contribution is -2.39. The molecule has 0 bridgehead atoms. The summed E-state index contributed by atoms with van der Waals surface area (Å²) in [5.41, 5.74) is 4.76. The topological polar surface area (TPSA) is 88.2 Å². The van der Waals surface area contributed by atoms with Crippen LogP contribution in [0.5, 0.6) is 0 Å². The van der Waals surface area contributed by atoms with E-state index in [1.807, 2.05) is 44.2 Å². The van der Waals surface area contributed by atoms with Crippen molar-refractivity contribution in [3.63, 3.8) is 0 Å². The molecule has 3 aromatic rings. The van der Waals surface area contributed by atoms with Gasteiger partial charge in [0.1, 0.15) is 0 Å². The summed E-state index contributed by atoms with van der Waals surface area (Å²) in [6, 6.07) is 13.0. The van der Waals surface area contributed by atoms with Gasteiger partial charge in [0.25, 0.3) is 0 Å². The number of imide groups is 1. The molecule has 1 atom stereocenters. The quantitative estimate of drug-likeness (QED) is 0.449. The molecular formula is C25H22ClN3O3. The number of aromatic nitrogens is 1. The highest BCUT2D eigenvalue weighted by atomic mass is 35.5. The standard InChI is InChI=1S/C25H22ClN3O3/c1-14-3-7-18(13-21(14)26)28-23(30)9-5-16-4-6-17-12-20(15(2)27-22(17)11-16)19-8-10-24(31)29-25(19)32/h3-7,9,11-13,19H,8,10H2,1-2H3,(H,28,30)(H,29,31,32)/b9-5+. The number of anilines is 1. The Morgan fingerprint density at radius 1 is 1.16 bits per heavy atom. The Labute approximate surface area is 190 Å². The van der Waals surface area contributed by atoms with Gasteiger partial charge in [0.2, 0.25) is 17.7 Å². The first-order valence-electron chi connectivity index (χ1n) is 10.3. The van der Waals surface area contributed by atoms with E-state index in [4.69, 9.17) is 11.6 Å². The normalized spacial score (nSPS) is 16.4. The summed E-state index contributed by atoms with van der Waals surface area (Å²) < 4.78 is 0. The number of amides is 3. The Bertz CT molecular complexity index is 1280. The van der Waals surface area contributed by atoms with Crippen LogP contribution in [0.3, 0.4) is 0 Å². The third-order valence-corrected chi connectivity index (χ3v) is 5.96. The maximum atomic E-state index is 12.3. The molecule has 6 nitrogen and oxygen atoms in total. The Hall–Kier alpha value is -3.51. The van der Waals surface area contributed by atoms with Crippen molar-refractivity contribution in [2.45, 2.75) is 32.6 Å². The highest BCUT2D eigenvalue weighted by Gasteiger charge is 2.29. The molecule has 4 rings (SSSR count). The minimum Gasteiger partial charge on any atom is -0.322 e. The van der Waals surface area contributed by atoms with Crippen LogP contribution in [0.25, 0.3) is 17.0 Å². The van der Waals surface area contributed by atoms with Crippen LogP contribution >= 0.6 is 11.6 Å². The maximum absolute atomic E-state index is 12.3. The molecule has 1 aromatic heterocycles. The number of hydrogen-bond acceptors (Lipinski definition) is 4. The minimum atomic E-state index is -0.372. The van der Waals surface area contributed by atoms with Crippen LogP contribution in [0.4, 0.5) is 5.69 Å². The zero-order valence-electron chi connectivity index (χ0n) is 17.7. The predicted octanol–water partition coefficient (Wildman–Crippen LogP) is 4.68. The van der Waals surface area contributed by atoms with Crippen molar-refractivity contribution in [1.82, 2.24) is 10.3 Å². The van der Waals surface area contributed by atoms with Gasteiger partial charge in [-0.1, -0.05) is 29.8 Å². The fraction of sp³-hybridized carbons (Fsp3) is 0.200. The van der Waals surface area contributed by atoms with E-state index in [2.05, 4.69) is 15.6 Å². The number of halogens is 1. The lowest BCUT2D eigenvalue weighted by atomic mass is 9.89. The van der Waals surface area contributed by atoms with E-state index < -0.39 is 0 Å². The van der Waals surface area contributed by atoms with E-state index >= 15 is 0 Å². The molecule has 0 aliphatic carbocycles. The van der Waals surface area contributed by atoms with Gasteiger partial charge in [-0.15, -0.1) is 0 Å². The van der Waals surface area contributed by atoms with Gasteiger partial charge < -0.3 is 5.32 Å². The van der Waals surface area contributed by atoms with Crippen LogP contribution < -0.4 is 10.6 Å². The summed E-state index contributed by atoms with van der Waals surface area (Å²) in [5.74, 6) is -1.14. The molecular weight excluding hydrogens is 426 g/mol. The average Bonchev–Trinajstić information content (AvgIpc) is 2.75. The first kappa shape index (κ1) is 21.7. The summed E-state index contributed by atoms with van der Waals surface area (Å²) >= 11 is 6.10. The van der Waals surface area contributed by atoms with Crippen molar-refractivity contribution in [2.24, 2.45) is 0 Å². The number of nitrogens with zero attached hydrogens (tertiary/aromatic N) is 1. The smallest absolute Gasteiger partial charge is 0.248 e. The van der Waals surface area contributed by atoms with Crippen LogP contribution in [0.2, 0.25) is 5.02 Å². The Balaban J connectivity index is 1.52. The molecule has 1 unspecified atom stereocenters. The molecule has 0 saturated carbocycles. The van der Waals surface area contributed by atoms with E-state index in [-0.39, 0.29) is 23.6 Å². The second kappa shape index (κ2) is 8.93. The number of fused-ring (bicyclic) bond motifs is 1. The molecule has 0 radical (unpaired) electrons. The average molecular weight is 448 g/mol. The van der Waals surface area contributed by atoms with Gasteiger partial charge in [0.15, 0.2) is 0 Å². The number of piperidine rings is 1. The number of carbonyl (C=O) groups is 3. The van der Waals surface area contributed by atoms with Gasteiger partial charge in [-0.3, -0.25) is 24.7 Å². The van der Waals surface area contributed by atoms with E-state index in [0.29, 0.717) is 23.6 Å². The molecule has 1 fully saturated rings. The number of benzene rings is 2. The molecule has 7 heteroatoms. The Kier molecular flexibility index (Phi) is 6.06. The molecule has 2 heterocycles. The van der Waals surface area contributed by atoms with E-state index in [1.54, 1.807) is 18.2 Å². The molecule has 1 saturated heterocycles. The van der Waals surface area contributed by atoms with Crippen molar-refractivity contribution in [3.8, 4) is 0 Å². The first-order chi connectivity index (χ1) is 15.3. The number of hydrogen-bond donors (Lipinski definition) is 2. The number of rotatable bonds is 4. The van der Waals surface area contributed by atoms with Crippen LogP contribution in [-0.4, -0.2) is 22.7 Å². The summed E-state index contributed by atoms with van der Waals surface area (Å²) in [5, 5.41) is 6.68. The SMILES string of the molecule is Cc1ccc(NC(=O)/C=C/c2ccc3cc(C4CCC(=O)NC4=O)c(C)nc3c2)cc1Cl. The number of pyridine rings is 1. The van der Waals surface area contributed by atoms with Gasteiger partial charge in [0, 0.05) is 34.3 Å². The van der Waals surface area contributed by atoms with Crippen molar-refractivity contribution in [3.05, 3.63) is 75.9 Å². The van der Waals surface area contributed by atoms with Crippen molar-refractivity contribution < 1.29 is 14.4 Å². The monoisotopic (exact) mass is 447 g/mol. The summed E-state index contributed by atoms with van der Waals surface area (Å²) in [4.78, 5) is 40.6. The molecule has 2 N–H and O–H groups in total. The van der Waals surface area contributed by atoms with E-state index in [0.717, 1.165) is 33.3 Å². The third kappa shape index (κ3) is 4.70. The second-order valence-electron chi connectivity index (χ2n) is 7.91. The van der Waals surface area contributed by atoms with Crippen LogP contribution in [0.15, 0.2) is 48.5 Å². The van der Waals surface area contributed by atoms with Crippen LogP contribution in [0.1, 0.15) is 41.1 Å². The fourth-order valence-electron chi connectivity index (χ4n) is 3.77. The highest BCUT2D eigenvalue weighted by molar-refractivity contribution is 6.31. The zero-order valence-corrected chi connectivity index (χ0v) is 18.5. The first-order valence-corrected chi connectivity index (χ1v) is 10.7. The molecule has 162 valence electrons. The fourth-order valence-corrected chi connectivity index (χ4v) is 3.95. The molecule has 2 aromatic carbocycles. The lowest BCUT2D eigenvalue weighted by molar-refractivity contribution is -0.134.